The Labute approximate surface area is 131 Å². The van der Waals surface area contributed by atoms with Gasteiger partial charge in [0.05, 0.1) is 4.92 Å². The Morgan fingerprint density at radius 2 is 2.00 bits per heavy atom. The maximum atomic E-state index is 13.2. The molecule has 0 heterocycles. The summed E-state index contributed by atoms with van der Waals surface area (Å²) in [5.74, 6) is -1.63. The van der Waals surface area contributed by atoms with Gasteiger partial charge in [-0.3, -0.25) is 25.8 Å². The lowest BCUT2D eigenvalue weighted by Crippen LogP contribution is -2.49. The Balaban J connectivity index is 1.90. The fourth-order valence-corrected chi connectivity index (χ4v) is 2.49. The van der Waals surface area contributed by atoms with Gasteiger partial charge in [0.15, 0.2) is 5.11 Å². The van der Waals surface area contributed by atoms with Gasteiger partial charge in [-0.25, -0.2) is 0 Å². The van der Waals surface area contributed by atoms with Crippen molar-refractivity contribution in [2.75, 3.05) is 0 Å². The number of carbonyl (C=O) groups is 1. The number of nitro groups is 1. The number of thiocarbonyl (C=S) groups is 1. The molecule has 7 nitrogen and oxygen atoms in total. The minimum atomic E-state index is -0.993. The molecule has 22 heavy (non-hydrogen) atoms. The van der Waals surface area contributed by atoms with Crippen molar-refractivity contribution >= 4 is 28.9 Å². The van der Waals surface area contributed by atoms with Crippen LogP contribution in [-0.2, 0) is 0 Å². The second-order valence-electron chi connectivity index (χ2n) is 4.96. The number of rotatable bonds is 3. The summed E-state index contributed by atoms with van der Waals surface area (Å²) in [6.45, 7) is 0. The van der Waals surface area contributed by atoms with Gasteiger partial charge in [-0.2, -0.15) is 4.39 Å². The van der Waals surface area contributed by atoms with Crippen LogP contribution in [0.4, 0.5) is 10.1 Å². The van der Waals surface area contributed by atoms with Gasteiger partial charge in [-0.15, -0.1) is 0 Å². The van der Waals surface area contributed by atoms with Gasteiger partial charge in [0.1, 0.15) is 0 Å². The third kappa shape index (κ3) is 4.10. The van der Waals surface area contributed by atoms with Crippen molar-refractivity contribution in [1.82, 2.24) is 16.2 Å². The Bertz CT molecular complexity index is 605. The van der Waals surface area contributed by atoms with Gasteiger partial charge in [0.25, 0.3) is 5.91 Å². The summed E-state index contributed by atoms with van der Waals surface area (Å²) in [6, 6.07) is 3.21. The zero-order valence-corrected chi connectivity index (χ0v) is 12.4. The van der Waals surface area contributed by atoms with Crippen LogP contribution in [0.3, 0.4) is 0 Å². The molecule has 1 fully saturated rings. The first-order valence-electron chi connectivity index (χ1n) is 6.78. The van der Waals surface area contributed by atoms with E-state index < -0.39 is 22.3 Å². The molecule has 1 aromatic rings. The molecule has 2 rings (SSSR count). The number of amides is 1. The standard InChI is InChI=1S/C13H15FN4O3S/c14-10-6-5-8(7-11(10)18(20)21)12(19)16-17-13(22)15-9-3-1-2-4-9/h5-7,9H,1-4H2,(H,16,19)(H2,15,17,22). The highest BCUT2D eigenvalue weighted by atomic mass is 32.1. The summed E-state index contributed by atoms with van der Waals surface area (Å²) in [7, 11) is 0. The minimum absolute atomic E-state index is 0.0377. The minimum Gasteiger partial charge on any atom is -0.359 e. The van der Waals surface area contributed by atoms with E-state index in [1.54, 1.807) is 0 Å². The highest BCUT2D eigenvalue weighted by Crippen LogP contribution is 2.18. The van der Waals surface area contributed by atoms with Crippen molar-refractivity contribution < 1.29 is 14.1 Å². The quantitative estimate of drug-likeness (QED) is 0.445. The van der Waals surface area contributed by atoms with E-state index in [2.05, 4.69) is 16.2 Å². The van der Waals surface area contributed by atoms with Gasteiger partial charge in [-0.05, 0) is 37.2 Å². The molecule has 0 atom stereocenters. The van der Waals surface area contributed by atoms with Crippen LogP contribution in [0.25, 0.3) is 0 Å². The topological polar surface area (TPSA) is 96.3 Å². The van der Waals surface area contributed by atoms with Crippen molar-refractivity contribution in [3.05, 3.63) is 39.7 Å². The largest absolute Gasteiger partial charge is 0.359 e. The van der Waals surface area contributed by atoms with Crippen LogP contribution in [0.5, 0.6) is 0 Å². The predicted octanol–water partition coefficient (Wildman–Crippen LogP) is 1.79. The normalized spacial score (nSPS) is 14.4. The van der Waals surface area contributed by atoms with E-state index in [-0.39, 0.29) is 10.7 Å². The summed E-state index contributed by atoms with van der Waals surface area (Å²) in [5.41, 5.74) is 4.06. The molecule has 3 N–H and O–H groups in total. The first-order valence-corrected chi connectivity index (χ1v) is 7.19. The van der Waals surface area contributed by atoms with Crippen LogP contribution >= 0.6 is 12.2 Å². The van der Waals surface area contributed by atoms with Crippen LogP contribution < -0.4 is 16.2 Å². The maximum Gasteiger partial charge on any atom is 0.305 e. The van der Waals surface area contributed by atoms with Crippen molar-refractivity contribution in [3.63, 3.8) is 0 Å². The van der Waals surface area contributed by atoms with Gasteiger partial charge in [0.2, 0.25) is 5.82 Å². The smallest absolute Gasteiger partial charge is 0.305 e. The van der Waals surface area contributed by atoms with Gasteiger partial charge < -0.3 is 5.32 Å². The predicted molar refractivity (Wildman–Crippen MR) is 81.6 cm³/mol. The van der Waals surface area contributed by atoms with Crippen LogP contribution in [-0.4, -0.2) is 22.0 Å². The second-order valence-corrected chi connectivity index (χ2v) is 5.37. The third-order valence-electron chi connectivity index (χ3n) is 3.38. The van der Waals surface area contributed by atoms with Crippen LogP contribution in [0.2, 0.25) is 0 Å². The number of nitrogens with zero attached hydrogens (tertiary/aromatic N) is 1. The molecule has 0 unspecified atom stereocenters. The van der Waals surface area contributed by atoms with Crippen LogP contribution in [0.1, 0.15) is 36.0 Å². The molecule has 9 heteroatoms. The molecule has 1 aliphatic carbocycles. The lowest BCUT2D eigenvalue weighted by molar-refractivity contribution is -0.387. The summed E-state index contributed by atoms with van der Waals surface area (Å²) < 4.78 is 13.2. The fraction of sp³-hybridized carbons (Fsp3) is 0.385. The number of halogens is 1. The first kappa shape index (κ1) is 16.1. The molecule has 1 aliphatic rings. The number of hydrogen-bond donors (Lipinski definition) is 3. The molecule has 0 bridgehead atoms. The zero-order chi connectivity index (χ0) is 16.1. The monoisotopic (exact) mass is 326 g/mol. The Morgan fingerprint density at radius 1 is 1.32 bits per heavy atom. The molecule has 1 aromatic carbocycles. The van der Waals surface area contributed by atoms with Crippen LogP contribution in [0, 0.1) is 15.9 Å². The number of benzene rings is 1. The Kier molecular flexibility index (Phi) is 5.21. The van der Waals surface area contributed by atoms with E-state index in [0.29, 0.717) is 6.04 Å². The number of hydrazine groups is 1. The van der Waals surface area contributed by atoms with Crippen molar-refractivity contribution in [3.8, 4) is 0 Å². The Hall–Kier alpha value is -2.29. The molecule has 0 spiro atoms. The molecule has 0 radical (unpaired) electrons. The fourth-order valence-electron chi connectivity index (χ4n) is 2.27. The molecule has 1 amide bonds. The second kappa shape index (κ2) is 7.12. The van der Waals surface area contributed by atoms with Crippen molar-refractivity contribution in [2.24, 2.45) is 0 Å². The van der Waals surface area contributed by atoms with E-state index >= 15 is 0 Å². The Morgan fingerprint density at radius 3 is 2.64 bits per heavy atom. The van der Waals surface area contributed by atoms with Crippen molar-refractivity contribution in [1.29, 1.82) is 0 Å². The average molecular weight is 326 g/mol. The van der Waals surface area contributed by atoms with E-state index in [1.165, 1.54) is 0 Å². The van der Waals surface area contributed by atoms with E-state index in [0.717, 1.165) is 43.9 Å². The lowest BCUT2D eigenvalue weighted by Gasteiger charge is -2.16. The highest BCUT2D eigenvalue weighted by molar-refractivity contribution is 7.80. The van der Waals surface area contributed by atoms with Gasteiger partial charge in [0, 0.05) is 17.7 Å². The highest BCUT2D eigenvalue weighted by Gasteiger charge is 2.18. The maximum absolute atomic E-state index is 13.2. The number of carbonyl (C=O) groups excluding carboxylic acids is 1. The zero-order valence-electron chi connectivity index (χ0n) is 11.6. The molecule has 0 aromatic heterocycles. The van der Waals surface area contributed by atoms with Crippen LogP contribution in [0.15, 0.2) is 18.2 Å². The first-order chi connectivity index (χ1) is 10.5. The summed E-state index contributed by atoms with van der Waals surface area (Å²) >= 11 is 5.04. The summed E-state index contributed by atoms with van der Waals surface area (Å²) in [6.07, 6.45) is 4.34. The van der Waals surface area contributed by atoms with E-state index in [9.17, 15) is 19.3 Å². The van der Waals surface area contributed by atoms with E-state index in [4.69, 9.17) is 12.2 Å². The number of nitrogens with one attached hydrogen (secondary N) is 3. The SMILES string of the molecule is O=C(NNC(=S)NC1CCCC1)c1ccc(F)c([N+](=O)[O-])c1. The van der Waals surface area contributed by atoms with Gasteiger partial charge >= 0.3 is 5.69 Å². The molecule has 0 aliphatic heterocycles. The summed E-state index contributed by atoms with van der Waals surface area (Å²) in [4.78, 5) is 21.6. The number of nitro benzene ring substituents is 1. The number of hydrogen-bond acceptors (Lipinski definition) is 4. The van der Waals surface area contributed by atoms with Gasteiger partial charge in [-0.1, -0.05) is 12.8 Å². The third-order valence-corrected chi connectivity index (χ3v) is 3.60. The van der Waals surface area contributed by atoms with Crippen molar-refractivity contribution in [2.45, 2.75) is 31.7 Å². The molecular weight excluding hydrogens is 311 g/mol. The van der Waals surface area contributed by atoms with E-state index in [1.807, 2.05) is 0 Å². The average Bonchev–Trinajstić information content (AvgIpc) is 2.97. The molecule has 0 saturated heterocycles. The molecule has 118 valence electrons. The molecule has 1 saturated carbocycles. The molecular formula is C13H15FN4O3S. The summed E-state index contributed by atoms with van der Waals surface area (Å²) in [5, 5.41) is 14.0. The lowest BCUT2D eigenvalue weighted by atomic mass is 10.2.